The molecule has 0 spiro atoms. The summed E-state index contributed by atoms with van der Waals surface area (Å²) in [5.41, 5.74) is 2.50. The lowest BCUT2D eigenvalue weighted by atomic mass is 10.1. The summed E-state index contributed by atoms with van der Waals surface area (Å²) in [5.74, 6) is 1.56. The van der Waals surface area contributed by atoms with Crippen molar-refractivity contribution in [2.24, 2.45) is 7.05 Å². The molecule has 1 N–H and O–H groups in total. The van der Waals surface area contributed by atoms with Gasteiger partial charge in [0.2, 0.25) is 5.91 Å². The molecule has 7 nitrogen and oxygen atoms in total. The number of nitrogens with one attached hydrogen (secondary N) is 1. The maximum Gasteiger partial charge on any atom is 0.234 e. The summed E-state index contributed by atoms with van der Waals surface area (Å²) in [5, 5.41) is 20.5. The van der Waals surface area contributed by atoms with Crippen LogP contribution >= 0.6 is 11.8 Å². The van der Waals surface area contributed by atoms with Crippen molar-refractivity contribution < 1.29 is 9.21 Å². The summed E-state index contributed by atoms with van der Waals surface area (Å²) in [6, 6.07) is 11.2. The van der Waals surface area contributed by atoms with Gasteiger partial charge in [-0.15, -0.1) is 10.2 Å². The van der Waals surface area contributed by atoms with E-state index < -0.39 is 0 Å². The summed E-state index contributed by atoms with van der Waals surface area (Å²) in [7, 11) is 1.86. The zero-order chi connectivity index (χ0) is 18.5. The van der Waals surface area contributed by atoms with Crippen LogP contribution in [-0.2, 0) is 18.3 Å². The number of aryl methyl sites for hydroxylation is 1. The summed E-state index contributed by atoms with van der Waals surface area (Å²) in [4.78, 5) is 12.1. The molecule has 0 saturated carbocycles. The highest BCUT2D eigenvalue weighted by Gasteiger charge is 2.15. The van der Waals surface area contributed by atoms with Crippen LogP contribution < -0.4 is 5.32 Å². The van der Waals surface area contributed by atoms with E-state index in [1.54, 1.807) is 18.4 Å². The van der Waals surface area contributed by atoms with Crippen LogP contribution in [0.1, 0.15) is 11.3 Å². The van der Waals surface area contributed by atoms with Gasteiger partial charge in [-0.05, 0) is 30.7 Å². The predicted molar refractivity (Wildman–Crippen MR) is 98.6 cm³/mol. The Hall–Kier alpha value is -3.05. The molecule has 26 heavy (non-hydrogen) atoms. The van der Waals surface area contributed by atoms with Crippen molar-refractivity contribution in [2.75, 3.05) is 11.1 Å². The number of carbonyl (C=O) groups excluding carboxylic acids is 1. The first-order valence-electron chi connectivity index (χ1n) is 7.91. The Bertz CT molecular complexity index is 953. The standard InChI is InChI=1S/C18H17N5O2S/c1-12-15(8-10-25-12)17-21-22-18(23(17)2)26-11-16(24)20-14-5-3-13(4-6-14)7-9-19/h3-6,8,10H,7,11H2,1-2H3,(H,20,24). The molecule has 1 aromatic carbocycles. The molecule has 0 aliphatic rings. The molecule has 1 amide bonds. The zero-order valence-electron chi connectivity index (χ0n) is 14.4. The van der Waals surface area contributed by atoms with Crippen LogP contribution in [0.4, 0.5) is 5.69 Å². The number of thioether (sulfide) groups is 1. The second-order valence-corrected chi connectivity index (χ2v) is 6.57. The summed E-state index contributed by atoms with van der Waals surface area (Å²) >= 11 is 1.31. The first-order chi connectivity index (χ1) is 12.6. The second-order valence-electron chi connectivity index (χ2n) is 5.62. The minimum absolute atomic E-state index is 0.132. The quantitative estimate of drug-likeness (QED) is 0.672. The molecule has 0 fully saturated rings. The van der Waals surface area contributed by atoms with Gasteiger partial charge in [0.15, 0.2) is 11.0 Å². The molecule has 0 aliphatic carbocycles. The lowest BCUT2D eigenvalue weighted by molar-refractivity contribution is -0.113. The van der Waals surface area contributed by atoms with Crippen LogP contribution in [0.3, 0.4) is 0 Å². The van der Waals surface area contributed by atoms with Gasteiger partial charge in [-0.1, -0.05) is 23.9 Å². The number of nitrogens with zero attached hydrogens (tertiary/aromatic N) is 4. The van der Waals surface area contributed by atoms with E-state index in [9.17, 15) is 4.79 Å². The van der Waals surface area contributed by atoms with Crippen LogP contribution in [0.25, 0.3) is 11.4 Å². The molecule has 8 heteroatoms. The molecule has 2 aromatic heterocycles. The van der Waals surface area contributed by atoms with E-state index in [0.717, 1.165) is 16.9 Å². The largest absolute Gasteiger partial charge is 0.469 e. The van der Waals surface area contributed by atoms with E-state index in [1.807, 2.05) is 36.7 Å². The Kier molecular flexibility index (Phi) is 5.39. The maximum atomic E-state index is 12.1. The number of anilines is 1. The summed E-state index contributed by atoms with van der Waals surface area (Å²) in [6.07, 6.45) is 1.97. The van der Waals surface area contributed by atoms with Gasteiger partial charge in [0, 0.05) is 12.7 Å². The Balaban J connectivity index is 1.59. The molecule has 2 heterocycles. The molecule has 0 bridgehead atoms. The average molecular weight is 367 g/mol. The highest BCUT2D eigenvalue weighted by Crippen LogP contribution is 2.25. The second kappa shape index (κ2) is 7.89. The van der Waals surface area contributed by atoms with Gasteiger partial charge in [0.05, 0.1) is 30.1 Å². The molecule has 0 atom stereocenters. The van der Waals surface area contributed by atoms with Crippen molar-refractivity contribution in [2.45, 2.75) is 18.5 Å². The van der Waals surface area contributed by atoms with Gasteiger partial charge < -0.3 is 14.3 Å². The fraction of sp³-hybridized carbons (Fsp3) is 0.222. The number of amides is 1. The summed E-state index contributed by atoms with van der Waals surface area (Å²) < 4.78 is 7.14. The number of nitriles is 1. The fourth-order valence-electron chi connectivity index (χ4n) is 2.42. The van der Waals surface area contributed by atoms with E-state index >= 15 is 0 Å². The van der Waals surface area contributed by atoms with E-state index in [-0.39, 0.29) is 11.7 Å². The van der Waals surface area contributed by atoms with E-state index in [2.05, 4.69) is 21.6 Å². The normalized spacial score (nSPS) is 10.5. The third-order valence-electron chi connectivity index (χ3n) is 3.79. The van der Waals surface area contributed by atoms with Gasteiger partial charge in [-0.3, -0.25) is 4.79 Å². The van der Waals surface area contributed by atoms with Crippen molar-refractivity contribution in [1.82, 2.24) is 14.8 Å². The van der Waals surface area contributed by atoms with Crippen LogP contribution in [-0.4, -0.2) is 26.4 Å². The van der Waals surface area contributed by atoms with Gasteiger partial charge in [-0.2, -0.15) is 5.26 Å². The minimum atomic E-state index is -0.132. The van der Waals surface area contributed by atoms with Crippen LogP contribution in [0.5, 0.6) is 0 Å². The van der Waals surface area contributed by atoms with Crippen molar-refractivity contribution in [1.29, 1.82) is 5.26 Å². The number of rotatable bonds is 6. The van der Waals surface area contributed by atoms with E-state index in [0.29, 0.717) is 23.1 Å². The number of hydrogen-bond acceptors (Lipinski definition) is 6. The number of carbonyl (C=O) groups is 1. The Morgan fingerprint density at radius 3 is 2.73 bits per heavy atom. The van der Waals surface area contributed by atoms with E-state index in [4.69, 9.17) is 9.68 Å². The number of benzene rings is 1. The van der Waals surface area contributed by atoms with Crippen LogP contribution in [0.15, 0.2) is 46.2 Å². The van der Waals surface area contributed by atoms with Crippen molar-refractivity contribution >= 4 is 23.4 Å². The number of hydrogen-bond donors (Lipinski definition) is 1. The molecule has 0 aliphatic heterocycles. The third-order valence-corrected chi connectivity index (χ3v) is 4.81. The Morgan fingerprint density at radius 1 is 1.31 bits per heavy atom. The monoisotopic (exact) mass is 367 g/mol. The molecule has 132 valence electrons. The first kappa shape index (κ1) is 17.8. The lowest BCUT2D eigenvalue weighted by Gasteiger charge is -2.06. The number of aromatic nitrogens is 3. The third kappa shape index (κ3) is 3.95. The smallest absolute Gasteiger partial charge is 0.234 e. The zero-order valence-corrected chi connectivity index (χ0v) is 15.2. The molecule has 0 radical (unpaired) electrons. The van der Waals surface area contributed by atoms with Gasteiger partial charge in [0.25, 0.3) is 0 Å². The highest BCUT2D eigenvalue weighted by atomic mass is 32.2. The molecular weight excluding hydrogens is 350 g/mol. The van der Waals surface area contributed by atoms with Crippen molar-refractivity contribution in [3.63, 3.8) is 0 Å². The van der Waals surface area contributed by atoms with Gasteiger partial charge in [0.1, 0.15) is 5.76 Å². The minimum Gasteiger partial charge on any atom is -0.469 e. The first-order valence-corrected chi connectivity index (χ1v) is 8.89. The molecule has 3 rings (SSSR count). The topological polar surface area (TPSA) is 96.7 Å². The molecule has 3 aromatic rings. The Morgan fingerprint density at radius 2 is 2.08 bits per heavy atom. The molecular formula is C18H17N5O2S. The van der Waals surface area contributed by atoms with Crippen LogP contribution in [0.2, 0.25) is 0 Å². The predicted octanol–water partition coefficient (Wildman–Crippen LogP) is 3.18. The number of furan rings is 1. The van der Waals surface area contributed by atoms with Crippen molar-refractivity contribution in [3.05, 3.63) is 47.9 Å². The van der Waals surface area contributed by atoms with Gasteiger partial charge >= 0.3 is 0 Å². The SMILES string of the molecule is Cc1occc1-c1nnc(SCC(=O)Nc2ccc(CC#N)cc2)n1C. The van der Waals surface area contributed by atoms with Crippen molar-refractivity contribution in [3.8, 4) is 17.5 Å². The Labute approximate surface area is 155 Å². The highest BCUT2D eigenvalue weighted by molar-refractivity contribution is 7.99. The lowest BCUT2D eigenvalue weighted by Crippen LogP contribution is -2.14. The maximum absolute atomic E-state index is 12.1. The van der Waals surface area contributed by atoms with Crippen LogP contribution in [0, 0.1) is 18.3 Å². The average Bonchev–Trinajstić information content (AvgIpc) is 3.20. The molecule has 0 unspecified atom stereocenters. The fourth-order valence-corrected chi connectivity index (χ4v) is 3.13. The summed E-state index contributed by atoms with van der Waals surface area (Å²) in [6.45, 7) is 1.87. The molecule has 0 saturated heterocycles. The van der Waals surface area contributed by atoms with E-state index in [1.165, 1.54) is 11.8 Å². The van der Waals surface area contributed by atoms with Gasteiger partial charge in [-0.25, -0.2) is 0 Å².